The highest BCUT2D eigenvalue weighted by molar-refractivity contribution is 8.18. The third-order valence-corrected chi connectivity index (χ3v) is 4.79. The summed E-state index contributed by atoms with van der Waals surface area (Å²) in [4.78, 5) is 17.4. The van der Waals surface area contributed by atoms with Crippen molar-refractivity contribution in [1.29, 1.82) is 0 Å². The van der Waals surface area contributed by atoms with Crippen molar-refractivity contribution in [3.8, 4) is 17.2 Å². The van der Waals surface area contributed by atoms with Crippen molar-refractivity contribution in [2.45, 2.75) is 26.9 Å². The van der Waals surface area contributed by atoms with Crippen LogP contribution in [0.25, 0.3) is 6.08 Å². The van der Waals surface area contributed by atoms with Gasteiger partial charge in [-0.05, 0) is 80.6 Å². The molecule has 1 fully saturated rings. The number of amidine groups is 1. The molecule has 2 aromatic rings. The molecule has 0 bridgehead atoms. The van der Waals surface area contributed by atoms with Crippen LogP contribution in [0.2, 0.25) is 0 Å². The van der Waals surface area contributed by atoms with Crippen LogP contribution in [-0.4, -0.2) is 30.9 Å². The first-order chi connectivity index (χ1) is 14.0. The predicted molar refractivity (Wildman–Crippen MR) is 117 cm³/mol. The third-order valence-electron chi connectivity index (χ3n) is 3.88. The Balaban J connectivity index is 1.76. The minimum absolute atomic E-state index is 0.0469. The number of nitrogens with one attached hydrogen (secondary N) is 1. The van der Waals surface area contributed by atoms with E-state index in [1.54, 1.807) is 7.11 Å². The van der Waals surface area contributed by atoms with E-state index in [9.17, 15) is 4.79 Å². The molecule has 0 saturated carbocycles. The van der Waals surface area contributed by atoms with Gasteiger partial charge in [-0.1, -0.05) is 6.07 Å². The van der Waals surface area contributed by atoms with Crippen LogP contribution in [0.3, 0.4) is 0 Å². The fourth-order valence-electron chi connectivity index (χ4n) is 2.66. The van der Waals surface area contributed by atoms with Crippen molar-refractivity contribution in [2.75, 3.05) is 13.7 Å². The van der Waals surface area contributed by atoms with E-state index in [0.29, 0.717) is 28.2 Å². The summed E-state index contributed by atoms with van der Waals surface area (Å²) in [6, 6.07) is 13.0. The minimum Gasteiger partial charge on any atom is -0.494 e. The lowest BCUT2D eigenvalue weighted by Gasteiger charge is -2.13. The number of rotatable bonds is 7. The van der Waals surface area contributed by atoms with E-state index < -0.39 is 0 Å². The topological polar surface area (TPSA) is 69.2 Å². The molecule has 0 aliphatic carbocycles. The van der Waals surface area contributed by atoms with Crippen LogP contribution >= 0.6 is 11.8 Å². The zero-order chi connectivity index (χ0) is 20.8. The van der Waals surface area contributed by atoms with Crippen molar-refractivity contribution >= 4 is 34.6 Å². The molecule has 1 saturated heterocycles. The number of hydrogen-bond acceptors (Lipinski definition) is 6. The lowest BCUT2D eigenvalue weighted by molar-refractivity contribution is -0.115. The molecule has 152 valence electrons. The quantitative estimate of drug-likeness (QED) is 0.663. The second-order valence-corrected chi connectivity index (χ2v) is 7.52. The molecule has 1 N–H and O–H groups in total. The summed E-state index contributed by atoms with van der Waals surface area (Å²) >= 11 is 1.30. The normalized spacial score (nSPS) is 16.4. The molecular weight excluding hydrogens is 388 g/mol. The zero-order valence-corrected chi connectivity index (χ0v) is 17.7. The Bertz CT molecular complexity index is 936. The molecular formula is C22H24N2O4S. The molecule has 0 atom stereocenters. The van der Waals surface area contributed by atoms with E-state index in [1.165, 1.54) is 11.8 Å². The predicted octanol–water partition coefficient (Wildman–Crippen LogP) is 4.77. The smallest absolute Gasteiger partial charge is 0.264 e. The molecule has 6 nitrogen and oxygen atoms in total. The Morgan fingerprint density at radius 2 is 1.90 bits per heavy atom. The van der Waals surface area contributed by atoms with E-state index >= 15 is 0 Å². The molecule has 0 aromatic heterocycles. The van der Waals surface area contributed by atoms with Crippen LogP contribution in [0.5, 0.6) is 17.2 Å². The number of aliphatic imine (C=N–C) groups is 1. The maximum Gasteiger partial charge on any atom is 0.264 e. The highest BCUT2D eigenvalue weighted by Crippen LogP contribution is 2.32. The maximum atomic E-state index is 12.3. The Kier molecular flexibility index (Phi) is 6.82. The Morgan fingerprint density at radius 1 is 1.14 bits per heavy atom. The summed E-state index contributed by atoms with van der Waals surface area (Å²) < 4.78 is 16.6. The van der Waals surface area contributed by atoms with Gasteiger partial charge in [0.25, 0.3) is 5.91 Å². The molecule has 0 radical (unpaired) electrons. The van der Waals surface area contributed by atoms with Gasteiger partial charge in [0.05, 0.1) is 30.4 Å². The van der Waals surface area contributed by atoms with Gasteiger partial charge < -0.3 is 19.5 Å². The molecule has 0 spiro atoms. The van der Waals surface area contributed by atoms with Gasteiger partial charge in [0, 0.05) is 0 Å². The van der Waals surface area contributed by atoms with Gasteiger partial charge in [0.2, 0.25) is 0 Å². The van der Waals surface area contributed by atoms with Crippen molar-refractivity contribution in [3.05, 3.63) is 52.9 Å². The molecule has 1 aliphatic heterocycles. The van der Waals surface area contributed by atoms with Gasteiger partial charge in [-0.25, -0.2) is 4.99 Å². The first-order valence-corrected chi connectivity index (χ1v) is 10.2. The maximum absolute atomic E-state index is 12.3. The SMILES string of the molecule is CCOc1ccc(N=C2NC(=O)/C(=C\c3ccc(OC(C)C)c(OC)c3)S2)cc1. The monoisotopic (exact) mass is 412 g/mol. The highest BCUT2D eigenvalue weighted by Gasteiger charge is 2.24. The van der Waals surface area contributed by atoms with Crippen molar-refractivity contribution < 1.29 is 19.0 Å². The molecule has 1 aliphatic rings. The molecule has 0 unspecified atom stereocenters. The highest BCUT2D eigenvalue weighted by atomic mass is 32.2. The van der Waals surface area contributed by atoms with Gasteiger partial charge >= 0.3 is 0 Å². The van der Waals surface area contributed by atoms with Gasteiger partial charge in [0.1, 0.15) is 5.75 Å². The summed E-state index contributed by atoms with van der Waals surface area (Å²) in [5, 5.41) is 3.34. The van der Waals surface area contributed by atoms with E-state index in [1.807, 2.05) is 69.3 Å². The fraction of sp³-hybridized carbons (Fsp3) is 0.273. The summed E-state index contributed by atoms with van der Waals surface area (Å²) in [6.07, 6.45) is 1.85. The molecule has 29 heavy (non-hydrogen) atoms. The number of benzene rings is 2. The van der Waals surface area contributed by atoms with Crippen LogP contribution in [0.15, 0.2) is 52.4 Å². The average molecular weight is 413 g/mol. The second kappa shape index (κ2) is 9.52. The second-order valence-electron chi connectivity index (χ2n) is 6.49. The van der Waals surface area contributed by atoms with Crippen molar-refractivity contribution in [1.82, 2.24) is 5.32 Å². The number of thioether (sulfide) groups is 1. The summed E-state index contributed by atoms with van der Waals surface area (Å²) in [5.41, 5.74) is 1.59. The van der Waals surface area contributed by atoms with E-state index in [-0.39, 0.29) is 12.0 Å². The zero-order valence-electron chi connectivity index (χ0n) is 16.9. The number of methoxy groups -OCH3 is 1. The van der Waals surface area contributed by atoms with Crippen LogP contribution in [-0.2, 0) is 4.79 Å². The Hall–Kier alpha value is -2.93. The largest absolute Gasteiger partial charge is 0.494 e. The average Bonchev–Trinajstić information content (AvgIpc) is 3.03. The first kappa shape index (κ1) is 20.8. The lowest BCUT2D eigenvalue weighted by atomic mass is 10.2. The summed E-state index contributed by atoms with van der Waals surface area (Å²) in [7, 11) is 1.60. The number of ether oxygens (including phenoxy) is 3. The van der Waals surface area contributed by atoms with E-state index in [0.717, 1.165) is 17.0 Å². The van der Waals surface area contributed by atoms with Gasteiger partial charge in [0.15, 0.2) is 16.7 Å². The summed E-state index contributed by atoms with van der Waals surface area (Å²) in [5.74, 6) is 1.91. The number of nitrogens with zero attached hydrogens (tertiary/aromatic N) is 1. The molecule has 1 amide bonds. The Labute approximate surface area is 175 Å². The van der Waals surface area contributed by atoms with Crippen LogP contribution < -0.4 is 19.5 Å². The number of hydrogen-bond donors (Lipinski definition) is 1. The van der Waals surface area contributed by atoms with Crippen molar-refractivity contribution in [3.63, 3.8) is 0 Å². The first-order valence-electron chi connectivity index (χ1n) is 9.35. The van der Waals surface area contributed by atoms with Gasteiger partial charge in [-0.3, -0.25) is 4.79 Å². The third kappa shape index (κ3) is 5.54. The Morgan fingerprint density at radius 3 is 2.55 bits per heavy atom. The fourth-order valence-corrected chi connectivity index (χ4v) is 3.50. The molecule has 7 heteroatoms. The molecule has 3 rings (SSSR count). The van der Waals surface area contributed by atoms with Gasteiger partial charge in [-0.15, -0.1) is 0 Å². The minimum atomic E-state index is -0.179. The van der Waals surface area contributed by atoms with Crippen LogP contribution in [0.1, 0.15) is 26.3 Å². The van der Waals surface area contributed by atoms with E-state index in [2.05, 4.69) is 10.3 Å². The number of carbonyl (C=O) groups is 1. The number of carbonyl (C=O) groups excluding carboxylic acids is 1. The van der Waals surface area contributed by atoms with Crippen LogP contribution in [0, 0.1) is 0 Å². The molecule has 1 heterocycles. The van der Waals surface area contributed by atoms with E-state index in [4.69, 9.17) is 14.2 Å². The van der Waals surface area contributed by atoms with Crippen molar-refractivity contribution in [2.24, 2.45) is 4.99 Å². The van der Waals surface area contributed by atoms with Gasteiger partial charge in [-0.2, -0.15) is 0 Å². The molecule has 2 aromatic carbocycles. The summed E-state index contributed by atoms with van der Waals surface area (Å²) in [6.45, 7) is 6.47. The van der Waals surface area contributed by atoms with Crippen LogP contribution in [0.4, 0.5) is 5.69 Å². The standard InChI is InChI=1S/C22H24N2O4S/c1-5-27-17-9-7-16(8-10-17)23-22-24-21(25)20(29-22)13-15-6-11-18(28-14(2)3)19(12-15)26-4/h6-14H,5H2,1-4H3,(H,23,24,25)/b20-13+. The number of amides is 1. The lowest BCUT2D eigenvalue weighted by Crippen LogP contribution is -2.19.